The Morgan fingerprint density at radius 2 is 2.29 bits per heavy atom. The van der Waals surface area contributed by atoms with Crippen LogP contribution in [0.1, 0.15) is 48.4 Å². The van der Waals surface area contributed by atoms with E-state index in [1.54, 1.807) is 6.21 Å². The van der Waals surface area contributed by atoms with E-state index >= 15 is 0 Å². The fourth-order valence-corrected chi connectivity index (χ4v) is 6.30. The molecule has 0 amide bonds. The number of hydrogen-bond donors (Lipinski definition) is 2. The largest absolute Gasteiger partial charge is 0.396 e. The summed E-state index contributed by atoms with van der Waals surface area (Å²) in [5.74, 6) is 5.69. The number of aryl methyl sites for hydroxylation is 1. The topological polar surface area (TPSA) is 92.7 Å². The first-order chi connectivity index (χ1) is 15.0. The van der Waals surface area contributed by atoms with Crippen LogP contribution >= 0.6 is 11.3 Å². The minimum absolute atomic E-state index is 0.0923. The van der Waals surface area contributed by atoms with E-state index in [1.165, 1.54) is 15.3 Å². The van der Waals surface area contributed by atoms with Crippen LogP contribution in [0.2, 0.25) is 0 Å². The van der Waals surface area contributed by atoms with Crippen molar-refractivity contribution in [3.63, 3.8) is 0 Å². The van der Waals surface area contributed by atoms with E-state index in [2.05, 4.69) is 34.9 Å². The molecule has 0 bridgehead atoms. The molecule has 31 heavy (non-hydrogen) atoms. The Hall–Kier alpha value is -1.32. The number of nitrogens with zero attached hydrogens (tertiary/aromatic N) is 3. The molecule has 4 rings (SSSR count). The number of rotatable bonds is 7. The minimum Gasteiger partial charge on any atom is -0.396 e. The van der Waals surface area contributed by atoms with Gasteiger partial charge < -0.3 is 20.4 Å². The average Bonchev–Trinajstić information content (AvgIpc) is 3.43. The standard InChI is InChI=1S/C23H36N4O3S/c1-3-19-10-20-21(31-19)4-8-30-23(20)5-7-27(17(2)11-23)13-18(26-24)12-25-14-22(15-28)6-9-29-16-22/h10,12,17,28H,3-9,11,13-16,24H2,1-2H3/b25-12?,26-18+/t17-,22?,23+/m0/s1. The summed E-state index contributed by atoms with van der Waals surface area (Å²) in [7, 11) is 0. The highest BCUT2D eigenvalue weighted by Gasteiger charge is 2.44. The fraction of sp³-hybridized carbons (Fsp3) is 0.739. The van der Waals surface area contributed by atoms with Crippen LogP contribution in [0.4, 0.5) is 0 Å². The molecule has 0 radical (unpaired) electrons. The summed E-state index contributed by atoms with van der Waals surface area (Å²) in [6.45, 7) is 8.82. The van der Waals surface area contributed by atoms with Crippen molar-refractivity contribution in [1.29, 1.82) is 0 Å². The molecular formula is C23H36N4O3S. The van der Waals surface area contributed by atoms with Crippen molar-refractivity contribution in [1.82, 2.24) is 4.90 Å². The first kappa shape index (κ1) is 22.9. The Kier molecular flexibility index (Phi) is 7.13. The lowest BCUT2D eigenvalue weighted by atomic mass is 9.79. The van der Waals surface area contributed by atoms with Gasteiger partial charge in [-0.1, -0.05) is 6.92 Å². The number of hydrogen-bond acceptors (Lipinski definition) is 8. The smallest absolute Gasteiger partial charge is 0.0969 e. The molecule has 3 N–H and O–H groups in total. The van der Waals surface area contributed by atoms with Crippen molar-refractivity contribution >= 4 is 23.3 Å². The second-order valence-electron chi connectivity index (χ2n) is 9.32. The number of aliphatic hydroxyl groups excluding tert-OH is 1. The van der Waals surface area contributed by atoms with Gasteiger partial charge in [0.1, 0.15) is 0 Å². The maximum Gasteiger partial charge on any atom is 0.0969 e. The zero-order chi connectivity index (χ0) is 21.9. The molecule has 1 unspecified atom stereocenters. The van der Waals surface area contributed by atoms with Gasteiger partial charge in [0.15, 0.2) is 0 Å². The minimum atomic E-state index is -0.255. The first-order valence-corrected chi connectivity index (χ1v) is 12.3. The molecule has 2 saturated heterocycles. The molecule has 7 nitrogen and oxygen atoms in total. The first-order valence-electron chi connectivity index (χ1n) is 11.5. The number of aliphatic hydroxyl groups is 1. The number of fused-ring (bicyclic) bond motifs is 2. The number of ether oxygens (including phenoxy) is 2. The molecule has 2 fully saturated rings. The summed E-state index contributed by atoms with van der Waals surface area (Å²) in [4.78, 5) is 9.97. The average molecular weight is 449 g/mol. The van der Waals surface area contributed by atoms with Crippen molar-refractivity contribution in [3.8, 4) is 0 Å². The van der Waals surface area contributed by atoms with E-state index in [0.29, 0.717) is 32.3 Å². The molecule has 3 aliphatic rings. The van der Waals surface area contributed by atoms with Crippen LogP contribution in [0.5, 0.6) is 0 Å². The van der Waals surface area contributed by atoms with E-state index in [1.807, 2.05) is 11.3 Å². The monoisotopic (exact) mass is 448 g/mol. The van der Waals surface area contributed by atoms with Crippen LogP contribution in [0.25, 0.3) is 0 Å². The molecule has 4 heterocycles. The summed E-state index contributed by atoms with van der Waals surface area (Å²) >= 11 is 1.97. The highest BCUT2D eigenvalue weighted by molar-refractivity contribution is 7.12. The lowest BCUT2D eigenvalue weighted by Gasteiger charge is -2.47. The van der Waals surface area contributed by atoms with E-state index in [0.717, 1.165) is 51.0 Å². The van der Waals surface area contributed by atoms with Crippen LogP contribution in [-0.2, 0) is 27.9 Å². The van der Waals surface area contributed by atoms with Gasteiger partial charge in [0, 0.05) is 60.1 Å². The lowest BCUT2D eigenvalue weighted by Crippen LogP contribution is -2.51. The highest BCUT2D eigenvalue weighted by Crippen LogP contribution is 2.46. The molecule has 1 aromatic heterocycles. The molecule has 0 saturated carbocycles. The molecule has 3 atom stereocenters. The number of likely N-dealkylation sites (tertiary alicyclic amines) is 1. The maximum absolute atomic E-state index is 9.71. The Morgan fingerprint density at radius 3 is 2.97 bits per heavy atom. The van der Waals surface area contributed by atoms with Crippen LogP contribution < -0.4 is 5.84 Å². The Morgan fingerprint density at radius 1 is 1.42 bits per heavy atom. The number of nitrogens with two attached hydrogens (primary N) is 1. The van der Waals surface area contributed by atoms with Gasteiger partial charge in [0.05, 0.1) is 31.1 Å². The van der Waals surface area contributed by atoms with Crippen molar-refractivity contribution in [2.45, 2.75) is 57.6 Å². The van der Waals surface area contributed by atoms with Crippen LogP contribution in [-0.4, -0.2) is 74.0 Å². The van der Waals surface area contributed by atoms with Gasteiger partial charge in [-0.15, -0.1) is 11.3 Å². The third-order valence-electron chi connectivity index (χ3n) is 7.18. The molecule has 0 aliphatic carbocycles. The van der Waals surface area contributed by atoms with Crippen LogP contribution in [0.3, 0.4) is 0 Å². The molecule has 1 spiro atoms. The van der Waals surface area contributed by atoms with Gasteiger partial charge in [-0.3, -0.25) is 9.89 Å². The second-order valence-corrected chi connectivity index (χ2v) is 10.5. The van der Waals surface area contributed by atoms with E-state index < -0.39 is 0 Å². The Balaban J connectivity index is 1.38. The predicted molar refractivity (Wildman–Crippen MR) is 125 cm³/mol. The summed E-state index contributed by atoms with van der Waals surface area (Å²) in [5.41, 5.74) is 1.81. The summed E-state index contributed by atoms with van der Waals surface area (Å²) in [6, 6.07) is 2.76. The quantitative estimate of drug-likeness (QED) is 0.379. The van der Waals surface area contributed by atoms with Gasteiger partial charge in [-0.05, 0) is 44.2 Å². The molecule has 8 heteroatoms. The van der Waals surface area contributed by atoms with Gasteiger partial charge in [-0.2, -0.15) is 5.10 Å². The van der Waals surface area contributed by atoms with E-state index in [4.69, 9.17) is 15.3 Å². The van der Waals surface area contributed by atoms with E-state index in [-0.39, 0.29) is 17.6 Å². The Bertz CT molecular complexity index is 818. The molecule has 3 aliphatic heterocycles. The van der Waals surface area contributed by atoms with Crippen LogP contribution in [0.15, 0.2) is 16.2 Å². The van der Waals surface area contributed by atoms with Crippen molar-refractivity contribution in [2.75, 3.05) is 46.1 Å². The third kappa shape index (κ3) is 4.73. The van der Waals surface area contributed by atoms with Gasteiger partial charge in [-0.25, -0.2) is 0 Å². The number of piperidine rings is 1. The summed E-state index contributed by atoms with van der Waals surface area (Å²) in [5, 5.41) is 13.7. The number of thiophene rings is 1. The summed E-state index contributed by atoms with van der Waals surface area (Å²) < 4.78 is 11.9. The summed E-state index contributed by atoms with van der Waals surface area (Å²) in [6.07, 6.45) is 6.72. The normalized spacial score (nSPS) is 32.2. The fourth-order valence-electron chi connectivity index (χ4n) is 5.13. The van der Waals surface area contributed by atoms with Crippen molar-refractivity contribution in [3.05, 3.63) is 21.4 Å². The van der Waals surface area contributed by atoms with Crippen molar-refractivity contribution in [2.24, 2.45) is 21.4 Å². The van der Waals surface area contributed by atoms with Gasteiger partial charge in [0.2, 0.25) is 0 Å². The van der Waals surface area contributed by atoms with Gasteiger partial charge in [0.25, 0.3) is 0 Å². The second kappa shape index (κ2) is 9.67. The third-order valence-corrected chi connectivity index (χ3v) is 8.52. The van der Waals surface area contributed by atoms with Crippen LogP contribution in [0, 0.1) is 5.41 Å². The zero-order valence-electron chi connectivity index (χ0n) is 18.8. The van der Waals surface area contributed by atoms with Crippen molar-refractivity contribution < 1.29 is 14.6 Å². The molecule has 1 aromatic rings. The number of hydrazone groups is 1. The zero-order valence-corrected chi connectivity index (χ0v) is 19.6. The van der Waals surface area contributed by atoms with Gasteiger partial charge >= 0.3 is 0 Å². The SMILES string of the molecule is CCc1cc2c(s1)CCO[C@@]21CCN(C/C(C=NCC2(CO)CCOC2)=N/N)[C@@H](C)C1. The maximum atomic E-state index is 9.71. The molecular weight excluding hydrogens is 412 g/mol. The molecule has 172 valence electrons. The molecule has 0 aromatic carbocycles. The van der Waals surface area contributed by atoms with E-state index in [9.17, 15) is 5.11 Å². The number of aliphatic imine (C=N–C) groups is 1. The highest BCUT2D eigenvalue weighted by atomic mass is 32.1. The predicted octanol–water partition coefficient (Wildman–Crippen LogP) is 2.35. The lowest BCUT2D eigenvalue weighted by molar-refractivity contribution is -0.108. The Labute approximate surface area is 189 Å².